The van der Waals surface area contributed by atoms with Crippen LogP contribution >= 0.6 is 11.3 Å². The van der Waals surface area contributed by atoms with Crippen molar-refractivity contribution in [2.24, 2.45) is 0 Å². The van der Waals surface area contributed by atoms with Gasteiger partial charge in [-0.25, -0.2) is 0 Å². The zero-order valence-electron chi connectivity index (χ0n) is 13.0. The zero-order chi connectivity index (χ0) is 16.1. The number of rotatable bonds is 5. The maximum absolute atomic E-state index is 12.1. The maximum atomic E-state index is 12.1. The van der Waals surface area contributed by atoms with Crippen molar-refractivity contribution in [1.82, 2.24) is 5.32 Å². The second-order valence-corrected chi connectivity index (χ2v) is 6.33. The molecule has 4 nitrogen and oxygen atoms in total. The lowest BCUT2D eigenvalue weighted by molar-refractivity contribution is -0.116. The first-order chi connectivity index (χ1) is 10.5. The highest BCUT2D eigenvalue weighted by Gasteiger charge is 2.19. The largest absolute Gasteiger partial charge is 0.355 e. The number of carbonyl (C=O) groups is 2. The lowest BCUT2D eigenvalue weighted by Crippen LogP contribution is -2.21. The van der Waals surface area contributed by atoms with Crippen molar-refractivity contribution in [1.29, 1.82) is 0 Å². The predicted octanol–water partition coefficient (Wildman–Crippen LogP) is 3.30. The minimum Gasteiger partial charge on any atom is -0.355 e. The number of anilines is 1. The molecule has 116 valence electrons. The van der Waals surface area contributed by atoms with E-state index in [1.165, 1.54) is 11.3 Å². The number of hydrogen-bond acceptors (Lipinski definition) is 3. The van der Waals surface area contributed by atoms with Crippen LogP contribution in [0.1, 0.15) is 32.8 Å². The molecule has 1 aromatic carbocycles. The van der Waals surface area contributed by atoms with Gasteiger partial charge in [0.25, 0.3) is 5.91 Å². The molecular formula is C17H20N2O2S. The molecule has 0 spiro atoms. The van der Waals surface area contributed by atoms with Crippen molar-refractivity contribution in [2.75, 3.05) is 12.4 Å². The third-order valence-corrected chi connectivity index (χ3v) is 4.70. The molecule has 0 aliphatic carbocycles. The van der Waals surface area contributed by atoms with Gasteiger partial charge in [-0.05, 0) is 31.4 Å². The Kier molecular flexibility index (Phi) is 5.33. The normalized spacial score (nSPS) is 10.3. The smallest absolute Gasteiger partial charge is 0.254 e. The standard InChI is InChI=1S/C17H20N2O2S/c1-11-12(2)22-17(15(11)16(21)18-3)19-14(20)10-9-13-7-5-4-6-8-13/h4-8H,9-10H2,1-3H3,(H,18,21)(H,19,20). The summed E-state index contributed by atoms with van der Waals surface area (Å²) >= 11 is 1.44. The summed E-state index contributed by atoms with van der Waals surface area (Å²) in [7, 11) is 1.59. The van der Waals surface area contributed by atoms with Gasteiger partial charge in [0, 0.05) is 18.3 Å². The Bertz CT molecular complexity index is 677. The second kappa shape index (κ2) is 7.22. The van der Waals surface area contributed by atoms with Gasteiger partial charge in [-0.1, -0.05) is 30.3 Å². The molecule has 0 aliphatic heterocycles. The van der Waals surface area contributed by atoms with Gasteiger partial charge >= 0.3 is 0 Å². The van der Waals surface area contributed by atoms with Crippen LogP contribution in [0.4, 0.5) is 5.00 Å². The van der Waals surface area contributed by atoms with Crippen molar-refractivity contribution in [2.45, 2.75) is 26.7 Å². The number of hydrogen-bond donors (Lipinski definition) is 2. The third-order valence-electron chi connectivity index (χ3n) is 3.58. The first kappa shape index (κ1) is 16.2. The minimum absolute atomic E-state index is 0.0738. The summed E-state index contributed by atoms with van der Waals surface area (Å²) in [5, 5.41) is 6.13. The van der Waals surface area contributed by atoms with E-state index in [9.17, 15) is 9.59 Å². The summed E-state index contributed by atoms with van der Waals surface area (Å²) in [5.41, 5.74) is 2.61. The van der Waals surface area contributed by atoms with Crippen molar-refractivity contribution < 1.29 is 9.59 Å². The predicted molar refractivity (Wildman–Crippen MR) is 90.6 cm³/mol. The molecule has 2 amide bonds. The molecule has 22 heavy (non-hydrogen) atoms. The summed E-state index contributed by atoms with van der Waals surface area (Å²) in [6.07, 6.45) is 1.08. The van der Waals surface area contributed by atoms with Crippen LogP contribution in [0.15, 0.2) is 30.3 Å². The lowest BCUT2D eigenvalue weighted by Gasteiger charge is -2.07. The molecule has 0 aliphatic rings. The van der Waals surface area contributed by atoms with Crippen LogP contribution in [0.3, 0.4) is 0 Å². The van der Waals surface area contributed by atoms with Gasteiger partial charge in [-0.15, -0.1) is 11.3 Å². The van der Waals surface area contributed by atoms with Gasteiger partial charge in [0.1, 0.15) is 5.00 Å². The number of nitrogens with one attached hydrogen (secondary N) is 2. The summed E-state index contributed by atoms with van der Waals surface area (Å²) in [5.74, 6) is -0.240. The Balaban J connectivity index is 2.05. The average Bonchev–Trinajstić information content (AvgIpc) is 2.80. The quantitative estimate of drug-likeness (QED) is 0.889. The topological polar surface area (TPSA) is 58.2 Å². The SMILES string of the molecule is CNC(=O)c1c(NC(=O)CCc2ccccc2)sc(C)c1C. The fraction of sp³-hybridized carbons (Fsp3) is 0.294. The Labute approximate surface area is 134 Å². The van der Waals surface area contributed by atoms with Gasteiger partial charge < -0.3 is 10.6 Å². The molecule has 0 atom stereocenters. The molecule has 1 heterocycles. The Morgan fingerprint density at radius 3 is 2.45 bits per heavy atom. The van der Waals surface area contributed by atoms with Crippen LogP contribution in [-0.4, -0.2) is 18.9 Å². The van der Waals surface area contributed by atoms with E-state index in [2.05, 4.69) is 10.6 Å². The molecule has 2 aromatic rings. The average molecular weight is 316 g/mol. The molecule has 2 rings (SSSR count). The fourth-order valence-corrected chi connectivity index (χ4v) is 3.28. The van der Waals surface area contributed by atoms with Crippen LogP contribution in [-0.2, 0) is 11.2 Å². The van der Waals surface area contributed by atoms with Crippen molar-refractivity contribution in [3.8, 4) is 0 Å². The first-order valence-corrected chi connectivity index (χ1v) is 8.00. The van der Waals surface area contributed by atoms with Crippen LogP contribution in [0.2, 0.25) is 0 Å². The van der Waals surface area contributed by atoms with E-state index >= 15 is 0 Å². The van der Waals surface area contributed by atoms with E-state index in [0.29, 0.717) is 23.4 Å². The highest BCUT2D eigenvalue weighted by Crippen LogP contribution is 2.32. The Hall–Kier alpha value is -2.14. The highest BCUT2D eigenvalue weighted by atomic mass is 32.1. The van der Waals surface area contributed by atoms with Crippen LogP contribution in [0, 0.1) is 13.8 Å². The molecule has 0 saturated carbocycles. The Morgan fingerprint density at radius 2 is 1.82 bits per heavy atom. The van der Waals surface area contributed by atoms with E-state index in [1.54, 1.807) is 7.05 Å². The number of carbonyl (C=O) groups excluding carboxylic acids is 2. The van der Waals surface area contributed by atoms with Gasteiger partial charge in [0.2, 0.25) is 5.91 Å². The van der Waals surface area contributed by atoms with Crippen LogP contribution in [0.5, 0.6) is 0 Å². The molecule has 5 heteroatoms. The van der Waals surface area contributed by atoms with Gasteiger partial charge in [-0.3, -0.25) is 9.59 Å². The number of aryl methyl sites for hydroxylation is 2. The maximum Gasteiger partial charge on any atom is 0.254 e. The van der Waals surface area contributed by atoms with E-state index < -0.39 is 0 Å². The van der Waals surface area contributed by atoms with Crippen molar-refractivity contribution in [3.05, 3.63) is 51.9 Å². The van der Waals surface area contributed by atoms with Crippen molar-refractivity contribution in [3.63, 3.8) is 0 Å². The summed E-state index contributed by atoms with van der Waals surface area (Å²) in [6.45, 7) is 3.85. The first-order valence-electron chi connectivity index (χ1n) is 7.18. The molecule has 0 fully saturated rings. The van der Waals surface area contributed by atoms with Gasteiger partial charge in [0.05, 0.1) is 5.56 Å². The fourth-order valence-electron chi connectivity index (χ4n) is 2.21. The molecule has 0 unspecified atom stereocenters. The molecule has 0 saturated heterocycles. The minimum atomic E-state index is -0.166. The van der Waals surface area contributed by atoms with Crippen LogP contribution < -0.4 is 10.6 Å². The lowest BCUT2D eigenvalue weighted by atomic mass is 10.1. The van der Waals surface area contributed by atoms with E-state index in [-0.39, 0.29) is 11.8 Å². The summed E-state index contributed by atoms with van der Waals surface area (Å²) in [6, 6.07) is 9.88. The molecule has 1 aromatic heterocycles. The van der Waals surface area contributed by atoms with E-state index in [0.717, 1.165) is 16.0 Å². The summed E-state index contributed by atoms with van der Waals surface area (Å²) in [4.78, 5) is 25.1. The molecule has 0 radical (unpaired) electrons. The molecule has 2 N–H and O–H groups in total. The second-order valence-electron chi connectivity index (χ2n) is 5.10. The molecule has 0 bridgehead atoms. The van der Waals surface area contributed by atoms with Gasteiger partial charge in [0.15, 0.2) is 0 Å². The van der Waals surface area contributed by atoms with Gasteiger partial charge in [-0.2, -0.15) is 0 Å². The van der Waals surface area contributed by atoms with E-state index in [1.807, 2.05) is 44.2 Å². The van der Waals surface area contributed by atoms with Crippen molar-refractivity contribution >= 4 is 28.2 Å². The molecular weight excluding hydrogens is 296 g/mol. The zero-order valence-corrected chi connectivity index (χ0v) is 13.8. The van der Waals surface area contributed by atoms with Crippen LogP contribution in [0.25, 0.3) is 0 Å². The monoisotopic (exact) mass is 316 g/mol. The Morgan fingerprint density at radius 1 is 1.14 bits per heavy atom. The number of amides is 2. The number of thiophene rings is 1. The van der Waals surface area contributed by atoms with E-state index in [4.69, 9.17) is 0 Å². The third kappa shape index (κ3) is 3.74. The highest BCUT2D eigenvalue weighted by molar-refractivity contribution is 7.16. The number of benzene rings is 1. The summed E-state index contributed by atoms with van der Waals surface area (Å²) < 4.78 is 0.